The van der Waals surface area contributed by atoms with E-state index in [0.29, 0.717) is 23.8 Å². The van der Waals surface area contributed by atoms with Gasteiger partial charge in [-0.05, 0) is 18.6 Å². The fourth-order valence-corrected chi connectivity index (χ4v) is 2.64. The maximum atomic E-state index is 12.4. The van der Waals surface area contributed by atoms with Crippen LogP contribution in [0.1, 0.15) is 16.8 Å². The molecule has 0 saturated carbocycles. The van der Waals surface area contributed by atoms with Crippen molar-refractivity contribution in [1.29, 1.82) is 0 Å². The molecular weight excluding hydrogens is 276 g/mol. The Balaban J connectivity index is 1.89. The quantitative estimate of drug-likeness (QED) is 0.915. The Kier molecular flexibility index (Phi) is 3.46. The van der Waals surface area contributed by atoms with Crippen molar-refractivity contribution in [2.45, 2.75) is 12.5 Å². The molecule has 6 heteroatoms. The third-order valence-corrected chi connectivity index (χ3v) is 3.82. The van der Waals surface area contributed by atoms with Gasteiger partial charge in [0.2, 0.25) is 0 Å². The second-order valence-corrected chi connectivity index (χ2v) is 5.25. The summed E-state index contributed by atoms with van der Waals surface area (Å²) in [6.45, 7) is 1.25. The fraction of sp³-hybridized carbons (Fsp3) is 0.286. The fourth-order valence-electron chi connectivity index (χ4n) is 2.37. The molecule has 2 heterocycles. The van der Waals surface area contributed by atoms with Gasteiger partial charge in [0.05, 0.1) is 17.4 Å². The maximum absolute atomic E-state index is 12.4. The van der Waals surface area contributed by atoms with Crippen LogP contribution in [0.3, 0.4) is 0 Å². The Bertz CT molecular complexity index is 625. The van der Waals surface area contributed by atoms with E-state index in [-0.39, 0.29) is 11.9 Å². The summed E-state index contributed by atoms with van der Waals surface area (Å²) in [5.41, 5.74) is 7.08. The van der Waals surface area contributed by atoms with Gasteiger partial charge in [-0.1, -0.05) is 29.8 Å². The van der Waals surface area contributed by atoms with Crippen LogP contribution in [0.2, 0.25) is 5.15 Å². The van der Waals surface area contributed by atoms with Crippen LogP contribution in [-0.4, -0.2) is 39.7 Å². The van der Waals surface area contributed by atoms with Gasteiger partial charge in [-0.15, -0.1) is 0 Å². The third kappa shape index (κ3) is 2.30. The number of benzene rings is 1. The van der Waals surface area contributed by atoms with Gasteiger partial charge >= 0.3 is 0 Å². The molecule has 1 amide bonds. The monoisotopic (exact) mass is 290 g/mol. The minimum Gasteiger partial charge on any atom is -0.337 e. The first kappa shape index (κ1) is 13.1. The molecule has 5 nitrogen and oxygen atoms in total. The molecule has 1 saturated heterocycles. The van der Waals surface area contributed by atoms with Crippen LogP contribution in [-0.2, 0) is 0 Å². The molecule has 20 heavy (non-hydrogen) atoms. The van der Waals surface area contributed by atoms with Crippen LogP contribution in [0, 0.1) is 0 Å². The van der Waals surface area contributed by atoms with Gasteiger partial charge in [0, 0.05) is 19.1 Å². The van der Waals surface area contributed by atoms with Crippen molar-refractivity contribution in [3.05, 3.63) is 47.2 Å². The Morgan fingerprint density at radius 1 is 1.35 bits per heavy atom. The number of carbonyl (C=O) groups excluding carboxylic acids is 1. The number of halogens is 1. The van der Waals surface area contributed by atoms with Gasteiger partial charge in [-0.3, -0.25) is 4.79 Å². The van der Waals surface area contributed by atoms with Gasteiger partial charge in [0.15, 0.2) is 0 Å². The van der Waals surface area contributed by atoms with Crippen molar-refractivity contribution >= 4 is 17.5 Å². The van der Waals surface area contributed by atoms with Gasteiger partial charge in [-0.2, -0.15) is 5.10 Å². The summed E-state index contributed by atoms with van der Waals surface area (Å²) in [4.78, 5) is 14.1. The highest BCUT2D eigenvalue weighted by Crippen LogP contribution is 2.22. The molecule has 1 fully saturated rings. The highest BCUT2D eigenvalue weighted by Gasteiger charge is 2.27. The zero-order valence-corrected chi connectivity index (χ0v) is 11.6. The first-order chi connectivity index (χ1) is 9.66. The Hall–Kier alpha value is -1.85. The molecule has 1 atom stereocenters. The lowest BCUT2D eigenvalue weighted by atomic mass is 10.3. The summed E-state index contributed by atoms with van der Waals surface area (Å²) in [6.07, 6.45) is 2.34. The SMILES string of the molecule is N[C@@H]1CCN(C(=O)c2cnn(-c3ccccc3)c2Cl)C1. The molecule has 0 radical (unpaired) electrons. The van der Waals surface area contributed by atoms with E-state index in [4.69, 9.17) is 17.3 Å². The smallest absolute Gasteiger partial charge is 0.258 e. The van der Waals surface area contributed by atoms with Crippen LogP contribution in [0.15, 0.2) is 36.5 Å². The van der Waals surface area contributed by atoms with Crippen LogP contribution in [0.4, 0.5) is 0 Å². The topological polar surface area (TPSA) is 64.2 Å². The predicted octanol–water partition coefficient (Wildman–Crippen LogP) is 1.70. The molecule has 2 N–H and O–H groups in total. The number of amides is 1. The number of rotatable bonds is 2. The van der Waals surface area contributed by atoms with E-state index in [2.05, 4.69) is 5.10 Å². The van der Waals surface area contributed by atoms with Crippen molar-refractivity contribution in [3.63, 3.8) is 0 Å². The van der Waals surface area contributed by atoms with Crippen molar-refractivity contribution in [2.24, 2.45) is 5.73 Å². The summed E-state index contributed by atoms with van der Waals surface area (Å²) in [5, 5.41) is 4.54. The molecule has 3 rings (SSSR count). The zero-order valence-electron chi connectivity index (χ0n) is 10.9. The number of likely N-dealkylation sites (tertiary alicyclic amines) is 1. The molecule has 0 unspecified atom stereocenters. The molecule has 1 aliphatic rings. The number of nitrogens with two attached hydrogens (primary N) is 1. The van der Waals surface area contributed by atoms with Gasteiger partial charge in [0.1, 0.15) is 5.15 Å². The second-order valence-electron chi connectivity index (χ2n) is 4.90. The predicted molar refractivity (Wildman–Crippen MR) is 77.1 cm³/mol. The molecule has 1 aromatic heterocycles. The molecular formula is C14H15ClN4O. The molecule has 0 bridgehead atoms. The summed E-state index contributed by atoms with van der Waals surface area (Å²) in [6, 6.07) is 9.54. The minimum absolute atomic E-state index is 0.0573. The van der Waals surface area contributed by atoms with E-state index in [0.717, 1.165) is 12.1 Å². The van der Waals surface area contributed by atoms with Crippen LogP contribution in [0.5, 0.6) is 0 Å². The van der Waals surface area contributed by atoms with Gasteiger partial charge < -0.3 is 10.6 Å². The second kappa shape index (κ2) is 5.26. The molecule has 2 aromatic rings. The zero-order chi connectivity index (χ0) is 14.1. The van der Waals surface area contributed by atoms with E-state index in [1.54, 1.807) is 9.58 Å². The highest BCUT2D eigenvalue weighted by molar-refractivity contribution is 6.33. The normalized spacial score (nSPS) is 18.5. The average Bonchev–Trinajstić information content (AvgIpc) is 3.05. The van der Waals surface area contributed by atoms with Crippen LogP contribution in [0.25, 0.3) is 5.69 Å². The average molecular weight is 291 g/mol. The molecule has 1 aromatic carbocycles. The molecule has 0 spiro atoms. The largest absolute Gasteiger partial charge is 0.337 e. The van der Waals surface area contributed by atoms with Crippen molar-refractivity contribution in [3.8, 4) is 5.69 Å². The molecule has 0 aliphatic carbocycles. The molecule has 104 valence electrons. The number of aromatic nitrogens is 2. The first-order valence-electron chi connectivity index (χ1n) is 6.50. The van der Waals surface area contributed by atoms with Crippen molar-refractivity contribution in [1.82, 2.24) is 14.7 Å². The summed E-state index contributed by atoms with van der Waals surface area (Å²) in [7, 11) is 0. The number of hydrogen-bond acceptors (Lipinski definition) is 3. The molecule has 1 aliphatic heterocycles. The number of carbonyl (C=O) groups is 1. The Morgan fingerprint density at radius 2 is 2.10 bits per heavy atom. The number of hydrogen-bond donors (Lipinski definition) is 1. The summed E-state index contributed by atoms with van der Waals surface area (Å²) >= 11 is 6.29. The van der Waals surface area contributed by atoms with Crippen molar-refractivity contribution in [2.75, 3.05) is 13.1 Å². The minimum atomic E-state index is -0.106. The Labute approximate surface area is 121 Å². The van der Waals surface area contributed by atoms with E-state index < -0.39 is 0 Å². The maximum Gasteiger partial charge on any atom is 0.258 e. The van der Waals surface area contributed by atoms with Gasteiger partial charge in [0.25, 0.3) is 5.91 Å². The number of nitrogens with zero attached hydrogens (tertiary/aromatic N) is 3. The standard InChI is InChI=1S/C14H15ClN4O/c15-13-12(14(20)18-7-6-10(16)9-18)8-17-19(13)11-4-2-1-3-5-11/h1-5,8,10H,6-7,9,16H2/t10-/m1/s1. The summed E-state index contributed by atoms with van der Waals surface area (Å²) in [5.74, 6) is -0.106. The van der Waals surface area contributed by atoms with E-state index in [9.17, 15) is 4.79 Å². The van der Waals surface area contributed by atoms with Gasteiger partial charge in [-0.25, -0.2) is 4.68 Å². The van der Waals surface area contributed by atoms with E-state index in [1.165, 1.54) is 6.20 Å². The van der Waals surface area contributed by atoms with Crippen molar-refractivity contribution < 1.29 is 4.79 Å². The lowest BCUT2D eigenvalue weighted by Crippen LogP contribution is -2.31. The first-order valence-corrected chi connectivity index (χ1v) is 6.88. The Morgan fingerprint density at radius 3 is 2.75 bits per heavy atom. The lowest BCUT2D eigenvalue weighted by Gasteiger charge is -2.14. The van der Waals surface area contributed by atoms with Crippen LogP contribution >= 0.6 is 11.6 Å². The lowest BCUT2D eigenvalue weighted by molar-refractivity contribution is 0.0791. The van der Waals surface area contributed by atoms with E-state index in [1.807, 2.05) is 30.3 Å². The van der Waals surface area contributed by atoms with Crippen LogP contribution < -0.4 is 5.73 Å². The third-order valence-electron chi connectivity index (χ3n) is 3.45. The highest BCUT2D eigenvalue weighted by atomic mass is 35.5. The summed E-state index contributed by atoms with van der Waals surface area (Å²) < 4.78 is 1.56. The van der Waals surface area contributed by atoms with E-state index >= 15 is 0 Å². The number of para-hydroxylation sites is 1.